The molecule has 0 aliphatic heterocycles. The van der Waals surface area contributed by atoms with Crippen LogP contribution in [-0.2, 0) is 0 Å². The van der Waals surface area contributed by atoms with E-state index in [2.05, 4.69) is 27.9 Å². The van der Waals surface area contributed by atoms with Gasteiger partial charge >= 0.3 is 0 Å². The molecule has 4 nitrogen and oxygen atoms in total. The van der Waals surface area contributed by atoms with Crippen molar-refractivity contribution in [1.82, 2.24) is 5.32 Å². The van der Waals surface area contributed by atoms with Crippen molar-refractivity contribution in [1.29, 1.82) is 0 Å². The molecule has 82 valence electrons. The highest BCUT2D eigenvalue weighted by Gasteiger charge is 2.13. The van der Waals surface area contributed by atoms with Gasteiger partial charge in [0.15, 0.2) is 0 Å². The third-order valence-electron chi connectivity index (χ3n) is 1.90. The Morgan fingerprint density at radius 2 is 2.27 bits per heavy atom. The Morgan fingerprint density at radius 3 is 2.80 bits per heavy atom. The van der Waals surface area contributed by atoms with Crippen molar-refractivity contribution in [2.45, 2.75) is 6.92 Å². The maximum absolute atomic E-state index is 11.7. The fourth-order valence-corrected chi connectivity index (χ4v) is 1.64. The largest absolute Gasteiger partial charge is 0.496 e. The number of anilines is 1. The number of benzene rings is 1. The molecule has 0 heterocycles. The monoisotopic (exact) mass is 320 g/mol. The lowest BCUT2D eigenvalue weighted by atomic mass is 10.1. The summed E-state index contributed by atoms with van der Waals surface area (Å²) in [6.45, 7) is 2.45. The summed E-state index contributed by atoms with van der Waals surface area (Å²) in [5.41, 5.74) is 6.84. The molecule has 1 rings (SSSR count). The fourth-order valence-electron chi connectivity index (χ4n) is 1.17. The minimum atomic E-state index is -0.146. The molecule has 15 heavy (non-hydrogen) atoms. The topological polar surface area (TPSA) is 64.4 Å². The number of nitrogen functional groups attached to an aromatic ring is 1. The molecule has 1 aromatic rings. The van der Waals surface area contributed by atoms with Crippen LogP contribution in [0.25, 0.3) is 0 Å². The van der Waals surface area contributed by atoms with Crippen LogP contribution in [0.4, 0.5) is 5.69 Å². The molecule has 0 saturated heterocycles. The summed E-state index contributed by atoms with van der Waals surface area (Å²) in [6, 6.07) is 3.38. The smallest absolute Gasteiger partial charge is 0.255 e. The molecule has 0 radical (unpaired) electrons. The highest BCUT2D eigenvalue weighted by atomic mass is 127. The van der Waals surface area contributed by atoms with Crippen LogP contribution < -0.4 is 15.8 Å². The molecule has 0 spiro atoms. The molecule has 0 aliphatic carbocycles. The highest BCUT2D eigenvalue weighted by Crippen LogP contribution is 2.26. The Kier molecular flexibility index (Phi) is 4.19. The lowest BCUT2D eigenvalue weighted by Gasteiger charge is -2.10. The zero-order chi connectivity index (χ0) is 11.4. The van der Waals surface area contributed by atoms with Crippen LogP contribution in [0.1, 0.15) is 17.3 Å². The van der Waals surface area contributed by atoms with Crippen LogP contribution >= 0.6 is 22.6 Å². The number of halogens is 1. The van der Waals surface area contributed by atoms with Crippen molar-refractivity contribution in [3.63, 3.8) is 0 Å². The normalized spacial score (nSPS) is 9.80. The van der Waals surface area contributed by atoms with E-state index < -0.39 is 0 Å². The average molecular weight is 320 g/mol. The second-order valence-electron chi connectivity index (χ2n) is 2.93. The molecule has 0 aliphatic rings. The molecule has 3 N–H and O–H groups in total. The van der Waals surface area contributed by atoms with Crippen LogP contribution in [0.15, 0.2) is 12.1 Å². The van der Waals surface area contributed by atoms with E-state index >= 15 is 0 Å². The number of nitrogens with two attached hydrogens (primary N) is 1. The van der Waals surface area contributed by atoms with Gasteiger partial charge in [0.2, 0.25) is 0 Å². The molecule has 1 aromatic carbocycles. The molecular weight excluding hydrogens is 307 g/mol. The van der Waals surface area contributed by atoms with E-state index in [-0.39, 0.29) is 5.91 Å². The van der Waals surface area contributed by atoms with Gasteiger partial charge in [-0.3, -0.25) is 4.79 Å². The van der Waals surface area contributed by atoms with E-state index in [1.54, 1.807) is 12.1 Å². The summed E-state index contributed by atoms with van der Waals surface area (Å²) in [5.74, 6) is 0.353. The van der Waals surface area contributed by atoms with E-state index in [0.717, 1.165) is 3.57 Å². The van der Waals surface area contributed by atoms with Gasteiger partial charge in [0.25, 0.3) is 5.91 Å². The van der Waals surface area contributed by atoms with Crippen molar-refractivity contribution < 1.29 is 9.53 Å². The van der Waals surface area contributed by atoms with E-state index in [4.69, 9.17) is 10.5 Å². The molecular formula is C10H13IN2O2. The molecule has 0 bridgehead atoms. The first-order chi connectivity index (χ1) is 7.10. The number of rotatable bonds is 3. The SMILES string of the molecule is CCNC(=O)c1cc(I)c(N)cc1OC. The number of carbonyl (C=O) groups is 1. The zero-order valence-electron chi connectivity index (χ0n) is 8.63. The fraction of sp³-hybridized carbons (Fsp3) is 0.300. The van der Waals surface area contributed by atoms with Crippen LogP contribution in [-0.4, -0.2) is 19.6 Å². The van der Waals surface area contributed by atoms with Gasteiger partial charge in [-0.25, -0.2) is 0 Å². The molecule has 0 atom stereocenters. The molecule has 1 amide bonds. The van der Waals surface area contributed by atoms with E-state index in [1.807, 2.05) is 6.92 Å². The number of hydrogen-bond acceptors (Lipinski definition) is 3. The van der Waals surface area contributed by atoms with Crippen molar-refractivity contribution in [2.24, 2.45) is 0 Å². The molecule has 0 unspecified atom stereocenters. The van der Waals surface area contributed by atoms with Crippen molar-refractivity contribution in [3.05, 3.63) is 21.3 Å². The molecule has 0 saturated carbocycles. The minimum absolute atomic E-state index is 0.146. The second kappa shape index (κ2) is 5.20. The van der Waals surface area contributed by atoms with Crippen molar-refractivity contribution >= 4 is 34.2 Å². The van der Waals surface area contributed by atoms with Crippen molar-refractivity contribution in [3.8, 4) is 5.75 Å². The van der Waals surface area contributed by atoms with Crippen LogP contribution in [0.3, 0.4) is 0 Å². The molecule has 5 heteroatoms. The van der Waals surface area contributed by atoms with Gasteiger partial charge in [0, 0.05) is 21.9 Å². The van der Waals surface area contributed by atoms with Crippen LogP contribution in [0.2, 0.25) is 0 Å². The summed E-state index contributed by atoms with van der Waals surface area (Å²) < 4.78 is 5.95. The van der Waals surface area contributed by atoms with Crippen LogP contribution in [0.5, 0.6) is 5.75 Å². The lowest BCUT2D eigenvalue weighted by molar-refractivity contribution is 0.0953. The summed E-state index contributed by atoms with van der Waals surface area (Å²) >= 11 is 2.08. The molecule has 0 aromatic heterocycles. The maximum atomic E-state index is 11.7. The highest BCUT2D eigenvalue weighted by molar-refractivity contribution is 14.1. The maximum Gasteiger partial charge on any atom is 0.255 e. The van der Waals surface area contributed by atoms with Gasteiger partial charge < -0.3 is 15.8 Å². The Bertz CT molecular complexity index is 380. The predicted molar refractivity (Wildman–Crippen MR) is 68.1 cm³/mol. The number of nitrogens with one attached hydrogen (secondary N) is 1. The van der Waals surface area contributed by atoms with Gasteiger partial charge in [-0.15, -0.1) is 0 Å². The van der Waals surface area contributed by atoms with E-state index in [0.29, 0.717) is 23.5 Å². The van der Waals surface area contributed by atoms with E-state index in [1.165, 1.54) is 7.11 Å². The number of hydrogen-bond donors (Lipinski definition) is 2. The zero-order valence-corrected chi connectivity index (χ0v) is 10.8. The summed E-state index contributed by atoms with van der Waals surface area (Å²) in [6.07, 6.45) is 0. The van der Waals surface area contributed by atoms with Gasteiger partial charge in [-0.05, 0) is 35.6 Å². The van der Waals surface area contributed by atoms with Gasteiger partial charge in [-0.1, -0.05) is 0 Å². The summed E-state index contributed by atoms with van der Waals surface area (Å²) in [5, 5.41) is 2.72. The van der Waals surface area contributed by atoms with E-state index in [9.17, 15) is 4.79 Å². The first-order valence-electron chi connectivity index (χ1n) is 4.51. The first kappa shape index (κ1) is 12.1. The van der Waals surface area contributed by atoms with Crippen LogP contribution in [0, 0.1) is 3.57 Å². The Balaban J connectivity index is 3.15. The summed E-state index contributed by atoms with van der Waals surface area (Å²) in [7, 11) is 1.52. The standard InChI is InChI=1S/C10H13IN2O2/c1-3-13-10(14)6-4-7(11)8(12)5-9(6)15-2/h4-5H,3,12H2,1-2H3,(H,13,14). The van der Waals surface area contributed by atoms with Gasteiger partial charge in [0.1, 0.15) is 5.75 Å². The number of ether oxygens (including phenoxy) is 1. The second-order valence-corrected chi connectivity index (χ2v) is 4.10. The third kappa shape index (κ3) is 2.74. The Labute approximate surface area is 102 Å². The number of carbonyl (C=O) groups excluding carboxylic acids is 1. The predicted octanol–water partition coefficient (Wildman–Crippen LogP) is 1.63. The van der Waals surface area contributed by atoms with Gasteiger partial charge in [-0.2, -0.15) is 0 Å². The lowest BCUT2D eigenvalue weighted by Crippen LogP contribution is -2.23. The quantitative estimate of drug-likeness (QED) is 0.657. The third-order valence-corrected chi connectivity index (χ3v) is 2.83. The average Bonchev–Trinajstić information content (AvgIpc) is 2.21. The number of methoxy groups -OCH3 is 1. The first-order valence-corrected chi connectivity index (χ1v) is 5.59. The number of amides is 1. The molecule has 0 fully saturated rings. The van der Waals surface area contributed by atoms with Crippen molar-refractivity contribution in [2.75, 3.05) is 19.4 Å². The Morgan fingerprint density at radius 1 is 1.60 bits per heavy atom. The minimum Gasteiger partial charge on any atom is -0.496 e. The Hall–Kier alpha value is -0.980. The van der Waals surface area contributed by atoms with Gasteiger partial charge in [0.05, 0.1) is 12.7 Å². The summed E-state index contributed by atoms with van der Waals surface area (Å²) in [4.78, 5) is 11.7.